The number of benzene rings is 3. The predicted molar refractivity (Wildman–Crippen MR) is 136 cm³/mol. The number of hydrogen-bond acceptors (Lipinski definition) is 7. The van der Waals surface area contributed by atoms with Gasteiger partial charge < -0.3 is 0 Å². The van der Waals surface area contributed by atoms with Crippen molar-refractivity contribution in [3.8, 4) is 17.1 Å². The second kappa shape index (κ2) is 10.7. The van der Waals surface area contributed by atoms with Gasteiger partial charge in [-0.1, -0.05) is 71.9 Å². The van der Waals surface area contributed by atoms with Gasteiger partial charge in [0, 0.05) is 28.9 Å². The summed E-state index contributed by atoms with van der Waals surface area (Å²) in [6, 6.07) is 23.8. The van der Waals surface area contributed by atoms with Crippen molar-refractivity contribution in [3.05, 3.63) is 100 Å². The SMILES string of the molecule is CC(=NNC(=O)CSc1nnc(-c2ccc(C)cc2)n1-c1ccccc1)c1cccc([N+](=O)[O-])c1. The number of carbonyl (C=O) groups excluding carboxylic acids is 1. The van der Waals surface area contributed by atoms with E-state index in [2.05, 4.69) is 20.7 Å². The van der Waals surface area contributed by atoms with Crippen LogP contribution in [0.15, 0.2) is 89.1 Å². The molecule has 4 rings (SSSR count). The lowest BCUT2D eigenvalue weighted by Gasteiger charge is -2.10. The van der Waals surface area contributed by atoms with Crippen LogP contribution in [0.2, 0.25) is 0 Å². The molecule has 176 valence electrons. The van der Waals surface area contributed by atoms with E-state index < -0.39 is 4.92 Å². The van der Waals surface area contributed by atoms with Crippen LogP contribution in [0.5, 0.6) is 0 Å². The summed E-state index contributed by atoms with van der Waals surface area (Å²) in [6.45, 7) is 3.70. The predicted octanol–water partition coefficient (Wildman–Crippen LogP) is 4.78. The summed E-state index contributed by atoms with van der Waals surface area (Å²) >= 11 is 1.24. The van der Waals surface area contributed by atoms with Crippen molar-refractivity contribution < 1.29 is 9.72 Å². The lowest BCUT2D eigenvalue weighted by atomic mass is 10.1. The van der Waals surface area contributed by atoms with E-state index in [1.165, 1.54) is 23.9 Å². The molecule has 0 aliphatic carbocycles. The van der Waals surface area contributed by atoms with E-state index >= 15 is 0 Å². The van der Waals surface area contributed by atoms with Crippen LogP contribution in [0.4, 0.5) is 5.69 Å². The summed E-state index contributed by atoms with van der Waals surface area (Å²) in [4.78, 5) is 23.0. The minimum Gasteiger partial charge on any atom is -0.272 e. The number of nitrogens with zero attached hydrogens (tertiary/aromatic N) is 5. The Morgan fingerprint density at radius 3 is 2.51 bits per heavy atom. The highest BCUT2D eigenvalue weighted by atomic mass is 32.2. The van der Waals surface area contributed by atoms with E-state index in [0.717, 1.165) is 16.8 Å². The Hall–Kier alpha value is -4.31. The first-order valence-corrected chi connectivity index (χ1v) is 11.7. The molecule has 0 spiro atoms. The normalized spacial score (nSPS) is 11.3. The molecule has 1 aromatic heterocycles. The number of aromatic nitrogens is 3. The van der Waals surface area contributed by atoms with Gasteiger partial charge in [-0.25, -0.2) is 5.43 Å². The zero-order chi connectivity index (χ0) is 24.8. The van der Waals surface area contributed by atoms with Crippen molar-refractivity contribution in [3.63, 3.8) is 0 Å². The number of nitro groups is 1. The highest BCUT2D eigenvalue weighted by molar-refractivity contribution is 7.99. The van der Waals surface area contributed by atoms with Crippen LogP contribution in [0, 0.1) is 17.0 Å². The van der Waals surface area contributed by atoms with Crippen molar-refractivity contribution >= 4 is 29.1 Å². The van der Waals surface area contributed by atoms with E-state index in [-0.39, 0.29) is 17.3 Å². The zero-order valence-electron chi connectivity index (χ0n) is 19.1. The lowest BCUT2D eigenvalue weighted by molar-refractivity contribution is -0.384. The Kier molecular flexibility index (Phi) is 7.32. The molecule has 1 heterocycles. The number of nitro benzene ring substituents is 1. The highest BCUT2D eigenvalue weighted by Crippen LogP contribution is 2.28. The summed E-state index contributed by atoms with van der Waals surface area (Å²) in [7, 11) is 0. The van der Waals surface area contributed by atoms with Crippen molar-refractivity contribution in [1.29, 1.82) is 0 Å². The third-order valence-corrected chi connectivity index (χ3v) is 6.04. The fourth-order valence-corrected chi connectivity index (χ4v) is 4.02. The molecule has 4 aromatic rings. The lowest BCUT2D eigenvalue weighted by Crippen LogP contribution is -2.21. The fourth-order valence-electron chi connectivity index (χ4n) is 3.28. The standard InChI is InChI=1S/C25H22N6O3S/c1-17-11-13-19(14-12-17)24-28-29-25(30(24)21-8-4-3-5-9-21)35-16-23(32)27-26-18(2)20-7-6-10-22(15-20)31(33)34/h3-15H,16H2,1-2H3,(H,27,32). The smallest absolute Gasteiger partial charge is 0.270 e. The van der Waals surface area contributed by atoms with Gasteiger partial charge in [-0.2, -0.15) is 5.10 Å². The van der Waals surface area contributed by atoms with Crippen molar-refractivity contribution in [1.82, 2.24) is 20.2 Å². The molecular weight excluding hydrogens is 464 g/mol. The van der Waals surface area contributed by atoms with Gasteiger partial charge in [-0.15, -0.1) is 10.2 Å². The average Bonchev–Trinajstić information content (AvgIpc) is 3.31. The van der Waals surface area contributed by atoms with E-state index in [1.54, 1.807) is 19.1 Å². The number of nitrogens with one attached hydrogen (secondary N) is 1. The number of carbonyl (C=O) groups is 1. The Morgan fingerprint density at radius 1 is 1.06 bits per heavy atom. The zero-order valence-corrected chi connectivity index (χ0v) is 19.9. The van der Waals surface area contributed by atoms with Crippen LogP contribution in [-0.4, -0.2) is 37.1 Å². The molecule has 1 amide bonds. The topological polar surface area (TPSA) is 115 Å². The largest absolute Gasteiger partial charge is 0.272 e. The van der Waals surface area contributed by atoms with Crippen LogP contribution in [0.25, 0.3) is 17.1 Å². The second-order valence-corrected chi connectivity index (χ2v) is 8.61. The van der Waals surface area contributed by atoms with Gasteiger partial charge in [0.05, 0.1) is 16.4 Å². The first-order chi connectivity index (χ1) is 16.9. The molecule has 3 aromatic carbocycles. The Morgan fingerprint density at radius 2 is 1.80 bits per heavy atom. The first-order valence-electron chi connectivity index (χ1n) is 10.7. The molecular formula is C25H22N6O3S. The van der Waals surface area contributed by atoms with Gasteiger partial charge in [-0.05, 0) is 26.0 Å². The third-order valence-electron chi connectivity index (χ3n) is 5.11. The van der Waals surface area contributed by atoms with E-state index in [9.17, 15) is 14.9 Å². The van der Waals surface area contributed by atoms with Gasteiger partial charge in [0.2, 0.25) is 0 Å². The molecule has 0 saturated heterocycles. The molecule has 0 bridgehead atoms. The first kappa shape index (κ1) is 23.8. The van der Waals surface area contributed by atoms with Crippen LogP contribution in [0.3, 0.4) is 0 Å². The highest BCUT2D eigenvalue weighted by Gasteiger charge is 2.17. The number of aryl methyl sites for hydroxylation is 1. The number of rotatable bonds is 8. The summed E-state index contributed by atoms with van der Waals surface area (Å²) < 4.78 is 1.92. The molecule has 0 fully saturated rings. The molecule has 0 aliphatic rings. The summed E-state index contributed by atoms with van der Waals surface area (Å²) in [5.41, 5.74) is 6.43. The number of thioether (sulfide) groups is 1. The summed E-state index contributed by atoms with van der Waals surface area (Å²) in [5, 5.41) is 24.3. The maximum absolute atomic E-state index is 12.5. The number of hydrazone groups is 1. The number of non-ortho nitro benzene ring substituents is 1. The minimum absolute atomic E-state index is 0.0384. The van der Waals surface area contributed by atoms with E-state index in [4.69, 9.17) is 0 Å². The number of amides is 1. The molecule has 35 heavy (non-hydrogen) atoms. The Balaban J connectivity index is 1.50. The van der Waals surface area contributed by atoms with Crippen LogP contribution < -0.4 is 5.43 Å². The third kappa shape index (κ3) is 5.79. The van der Waals surface area contributed by atoms with Crippen LogP contribution in [0.1, 0.15) is 18.1 Å². The van der Waals surface area contributed by atoms with Crippen LogP contribution in [-0.2, 0) is 4.79 Å². The average molecular weight is 487 g/mol. The summed E-state index contributed by atoms with van der Waals surface area (Å²) in [6.07, 6.45) is 0. The molecule has 1 N–H and O–H groups in total. The van der Waals surface area contributed by atoms with Gasteiger partial charge in [0.25, 0.3) is 11.6 Å². The molecule has 0 radical (unpaired) electrons. The van der Waals surface area contributed by atoms with E-state index in [1.807, 2.05) is 66.1 Å². The summed E-state index contributed by atoms with van der Waals surface area (Å²) in [5.74, 6) is 0.405. The maximum Gasteiger partial charge on any atom is 0.270 e. The molecule has 0 atom stereocenters. The van der Waals surface area contributed by atoms with Crippen molar-refractivity contribution in [2.45, 2.75) is 19.0 Å². The minimum atomic E-state index is -0.472. The molecule has 0 saturated carbocycles. The Bertz CT molecular complexity index is 1380. The fraction of sp³-hybridized carbons (Fsp3) is 0.120. The van der Waals surface area contributed by atoms with Gasteiger partial charge in [0.1, 0.15) is 0 Å². The molecule has 0 unspecified atom stereocenters. The molecule has 0 aliphatic heterocycles. The van der Waals surface area contributed by atoms with E-state index in [0.29, 0.717) is 22.3 Å². The maximum atomic E-state index is 12.5. The van der Waals surface area contributed by atoms with Crippen LogP contribution >= 0.6 is 11.8 Å². The van der Waals surface area contributed by atoms with Gasteiger partial charge >= 0.3 is 0 Å². The monoisotopic (exact) mass is 486 g/mol. The quantitative estimate of drug-likeness (QED) is 0.166. The number of para-hydroxylation sites is 1. The molecule has 10 heteroatoms. The van der Waals surface area contributed by atoms with Crippen molar-refractivity contribution in [2.24, 2.45) is 5.10 Å². The van der Waals surface area contributed by atoms with Gasteiger partial charge in [0.15, 0.2) is 11.0 Å². The second-order valence-electron chi connectivity index (χ2n) is 7.67. The number of hydrogen-bond donors (Lipinski definition) is 1. The van der Waals surface area contributed by atoms with Gasteiger partial charge in [-0.3, -0.25) is 19.5 Å². The Labute approximate surface area is 206 Å². The van der Waals surface area contributed by atoms with Crippen molar-refractivity contribution in [2.75, 3.05) is 5.75 Å². The molecule has 9 nitrogen and oxygen atoms in total.